The van der Waals surface area contributed by atoms with Crippen molar-refractivity contribution < 1.29 is 9.53 Å². The summed E-state index contributed by atoms with van der Waals surface area (Å²) < 4.78 is 5.08. The van der Waals surface area contributed by atoms with E-state index < -0.39 is 5.97 Å². The number of aromatic nitrogens is 2. The number of esters is 1. The van der Waals surface area contributed by atoms with Gasteiger partial charge in [-0.05, 0) is 37.1 Å². The molecule has 0 aliphatic rings. The first-order chi connectivity index (χ1) is 10.3. The van der Waals surface area contributed by atoms with Crippen LogP contribution in [0.5, 0.6) is 5.75 Å². The van der Waals surface area contributed by atoms with Crippen molar-refractivity contribution in [2.75, 3.05) is 11.5 Å². The van der Waals surface area contributed by atoms with E-state index in [0.29, 0.717) is 17.0 Å². The molecule has 0 spiro atoms. The molecule has 0 saturated heterocycles. The minimum atomic E-state index is -0.403. The Bertz CT molecular complexity index is 785. The van der Waals surface area contributed by atoms with Crippen LogP contribution in [0.1, 0.15) is 23.6 Å². The standard InChI is InChI=1S/C15H15N5O2/c1-7-4-10(22-9(3)21)5-8(2)12(7)13-11(6-16)14(17)20-15(18)19-13/h4-5H,1-3H3,(H4,17,18,19,20). The molecule has 0 radical (unpaired) electrons. The zero-order valence-electron chi connectivity index (χ0n) is 12.5. The average molecular weight is 297 g/mol. The molecule has 7 heteroatoms. The second kappa shape index (κ2) is 5.69. The smallest absolute Gasteiger partial charge is 0.308 e. The van der Waals surface area contributed by atoms with Crippen molar-refractivity contribution >= 4 is 17.7 Å². The largest absolute Gasteiger partial charge is 0.427 e. The fraction of sp³-hybridized carbons (Fsp3) is 0.200. The SMILES string of the molecule is CC(=O)Oc1cc(C)c(-c2nc(N)nc(N)c2C#N)c(C)c1. The first-order valence-electron chi connectivity index (χ1n) is 6.46. The molecule has 0 amide bonds. The summed E-state index contributed by atoms with van der Waals surface area (Å²) in [6.07, 6.45) is 0. The van der Waals surface area contributed by atoms with Gasteiger partial charge in [-0.25, -0.2) is 4.98 Å². The number of nitriles is 1. The predicted octanol–water partition coefficient (Wildman–Crippen LogP) is 1.72. The van der Waals surface area contributed by atoms with Crippen LogP contribution in [0.3, 0.4) is 0 Å². The second-order valence-corrected chi connectivity index (χ2v) is 4.83. The van der Waals surface area contributed by atoms with Crippen LogP contribution in [0.25, 0.3) is 11.3 Å². The van der Waals surface area contributed by atoms with Crippen LogP contribution in [0.4, 0.5) is 11.8 Å². The predicted molar refractivity (Wildman–Crippen MR) is 81.8 cm³/mol. The van der Waals surface area contributed by atoms with Crippen LogP contribution in [0.15, 0.2) is 12.1 Å². The number of aryl methyl sites for hydroxylation is 2. The normalized spacial score (nSPS) is 10.1. The van der Waals surface area contributed by atoms with Gasteiger partial charge in [0.1, 0.15) is 23.2 Å². The van der Waals surface area contributed by atoms with Gasteiger partial charge < -0.3 is 16.2 Å². The molecular weight excluding hydrogens is 282 g/mol. The Labute approximate surface area is 127 Å². The van der Waals surface area contributed by atoms with Crippen molar-refractivity contribution in [3.63, 3.8) is 0 Å². The van der Waals surface area contributed by atoms with E-state index in [2.05, 4.69) is 9.97 Å². The number of carbonyl (C=O) groups is 1. The summed E-state index contributed by atoms with van der Waals surface area (Å²) in [5.41, 5.74) is 14.2. The molecule has 1 heterocycles. The number of nitrogen functional groups attached to an aromatic ring is 2. The molecule has 0 saturated carbocycles. The zero-order valence-corrected chi connectivity index (χ0v) is 12.5. The fourth-order valence-electron chi connectivity index (χ4n) is 2.31. The van der Waals surface area contributed by atoms with E-state index in [1.807, 2.05) is 19.9 Å². The van der Waals surface area contributed by atoms with E-state index in [4.69, 9.17) is 16.2 Å². The Balaban J connectivity index is 2.69. The third kappa shape index (κ3) is 2.81. The zero-order chi connectivity index (χ0) is 16.4. The molecular formula is C15H15N5O2. The van der Waals surface area contributed by atoms with E-state index in [0.717, 1.165) is 11.1 Å². The lowest BCUT2D eigenvalue weighted by Gasteiger charge is -2.14. The van der Waals surface area contributed by atoms with Gasteiger partial charge in [0.25, 0.3) is 0 Å². The molecule has 0 unspecified atom stereocenters. The summed E-state index contributed by atoms with van der Waals surface area (Å²) in [5.74, 6) is 0.0572. The van der Waals surface area contributed by atoms with E-state index in [1.54, 1.807) is 12.1 Å². The molecule has 0 atom stereocenters. The minimum absolute atomic E-state index is 0.00522. The van der Waals surface area contributed by atoms with Gasteiger partial charge in [-0.1, -0.05) is 0 Å². The quantitative estimate of drug-likeness (QED) is 0.637. The highest BCUT2D eigenvalue weighted by Gasteiger charge is 2.18. The first kappa shape index (κ1) is 15.3. The Hall–Kier alpha value is -3.14. The fourth-order valence-corrected chi connectivity index (χ4v) is 2.31. The third-order valence-corrected chi connectivity index (χ3v) is 3.07. The molecule has 0 bridgehead atoms. The van der Waals surface area contributed by atoms with Gasteiger partial charge in [-0.15, -0.1) is 0 Å². The molecule has 4 N–H and O–H groups in total. The molecule has 0 fully saturated rings. The summed E-state index contributed by atoms with van der Waals surface area (Å²) in [7, 11) is 0. The Morgan fingerprint density at radius 3 is 2.32 bits per heavy atom. The van der Waals surface area contributed by atoms with Gasteiger partial charge in [-0.2, -0.15) is 10.2 Å². The van der Waals surface area contributed by atoms with E-state index >= 15 is 0 Å². The van der Waals surface area contributed by atoms with Crippen molar-refractivity contribution in [2.45, 2.75) is 20.8 Å². The lowest BCUT2D eigenvalue weighted by atomic mass is 9.96. The summed E-state index contributed by atoms with van der Waals surface area (Å²) in [6.45, 7) is 4.98. The van der Waals surface area contributed by atoms with Gasteiger partial charge in [0, 0.05) is 12.5 Å². The maximum absolute atomic E-state index is 11.1. The first-order valence-corrected chi connectivity index (χ1v) is 6.46. The maximum Gasteiger partial charge on any atom is 0.308 e. The van der Waals surface area contributed by atoms with Gasteiger partial charge in [0.05, 0.1) is 5.69 Å². The Kier molecular flexibility index (Phi) is 3.95. The second-order valence-electron chi connectivity index (χ2n) is 4.83. The van der Waals surface area contributed by atoms with Crippen LogP contribution in [0, 0.1) is 25.2 Å². The number of rotatable bonds is 2. The molecule has 0 aliphatic carbocycles. The van der Waals surface area contributed by atoms with Gasteiger partial charge >= 0.3 is 5.97 Å². The number of hydrogen-bond donors (Lipinski definition) is 2. The van der Waals surface area contributed by atoms with Crippen molar-refractivity contribution in [3.8, 4) is 23.1 Å². The molecule has 1 aromatic heterocycles. The van der Waals surface area contributed by atoms with Crippen molar-refractivity contribution in [1.29, 1.82) is 5.26 Å². The lowest BCUT2D eigenvalue weighted by molar-refractivity contribution is -0.131. The molecule has 22 heavy (non-hydrogen) atoms. The number of anilines is 2. The van der Waals surface area contributed by atoms with E-state index in [-0.39, 0.29) is 17.3 Å². The molecule has 0 aliphatic heterocycles. The Morgan fingerprint density at radius 1 is 1.23 bits per heavy atom. The van der Waals surface area contributed by atoms with E-state index in [9.17, 15) is 10.1 Å². The van der Waals surface area contributed by atoms with Crippen LogP contribution >= 0.6 is 0 Å². The molecule has 2 rings (SSSR count). The van der Waals surface area contributed by atoms with Crippen molar-refractivity contribution in [3.05, 3.63) is 28.8 Å². The molecule has 7 nitrogen and oxygen atoms in total. The maximum atomic E-state index is 11.1. The molecule has 1 aromatic carbocycles. The highest BCUT2D eigenvalue weighted by atomic mass is 16.5. The highest BCUT2D eigenvalue weighted by molar-refractivity contribution is 5.78. The summed E-state index contributed by atoms with van der Waals surface area (Å²) in [6, 6.07) is 5.39. The number of nitrogens with zero attached hydrogens (tertiary/aromatic N) is 3. The lowest BCUT2D eigenvalue weighted by Crippen LogP contribution is -2.07. The number of nitrogens with two attached hydrogens (primary N) is 2. The minimum Gasteiger partial charge on any atom is -0.427 e. The van der Waals surface area contributed by atoms with Crippen molar-refractivity contribution in [1.82, 2.24) is 9.97 Å². The van der Waals surface area contributed by atoms with Crippen LogP contribution in [-0.4, -0.2) is 15.9 Å². The van der Waals surface area contributed by atoms with Crippen LogP contribution < -0.4 is 16.2 Å². The highest BCUT2D eigenvalue weighted by Crippen LogP contribution is 2.33. The van der Waals surface area contributed by atoms with Crippen LogP contribution in [-0.2, 0) is 4.79 Å². The third-order valence-electron chi connectivity index (χ3n) is 3.07. The molecule has 2 aromatic rings. The van der Waals surface area contributed by atoms with Crippen molar-refractivity contribution in [2.24, 2.45) is 0 Å². The average Bonchev–Trinajstić information content (AvgIpc) is 2.36. The number of ether oxygens (including phenoxy) is 1. The van der Waals surface area contributed by atoms with Gasteiger partial charge in [-0.3, -0.25) is 4.79 Å². The topological polar surface area (TPSA) is 128 Å². The Morgan fingerprint density at radius 2 is 1.82 bits per heavy atom. The summed E-state index contributed by atoms with van der Waals surface area (Å²) in [5, 5.41) is 9.29. The number of benzene rings is 1. The molecule has 112 valence electrons. The summed E-state index contributed by atoms with van der Waals surface area (Å²) >= 11 is 0. The summed E-state index contributed by atoms with van der Waals surface area (Å²) in [4.78, 5) is 19.0. The van der Waals surface area contributed by atoms with Crippen LogP contribution in [0.2, 0.25) is 0 Å². The van der Waals surface area contributed by atoms with Gasteiger partial charge in [0.15, 0.2) is 0 Å². The monoisotopic (exact) mass is 297 g/mol. The van der Waals surface area contributed by atoms with Gasteiger partial charge in [0.2, 0.25) is 5.95 Å². The number of hydrogen-bond acceptors (Lipinski definition) is 7. The van der Waals surface area contributed by atoms with E-state index in [1.165, 1.54) is 6.92 Å². The number of carbonyl (C=O) groups excluding carboxylic acids is 1.